The zero-order chi connectivity index (χ0) is 23.8. The molecule has 1 aromatic heterocycles. The van der Waals surface area contributed by atoms with Crippen LogP contribution in [0, 0.1) is 18.6 Å². The maximum absolute atomic E-state index is 13.6. The number of hydrogen-bond acceptors (Lipinski definition) is 3. The Bertz CT molecular complexity index is 1060. The van der Waals surface area contributed by atoms with Crippen molar-refractivity contribution in [1.82, 2.24) is 19.6 Å². The summed E-state index contributed by atoms with van der Waals surface area (Å²) in [5, 5.41) is 4.53. The molecule has 5 nitrogen and oxygen atoms in total. The van der Waals surface area contributed by atoms with Gasteiger partial charge in [-0.2, -0.15) is 5.10 Å². The molecule has 0 saturated carbocycles. The molecule has 7 heteroatoms. The third-order valence-corrected chi connectivity index (χ3v) is 6.02. The molecule has 33 heavy (non-hydrogen) atoms. The first-order valence-electron chi connectivity index (χ1n) is 11.2. The monoisotopic (exact) mass is 452 g/mol. The van der Waals surface area contributed by atoms with E-state index >= 15 is 0 Å². The standard InChI is InChI=1S/C26H30F2N4O/c1-18-17-23(32(29-18)26(2,3)4)25(33)31-15-13-30(14-16-31)24(19-5-9-21(27)10-6-19)20-7-11-22(28)12-8-20/h5-12,17,24H,13-16H2,1-4H3. The molecule has 1 aliphatic rings. The van der Waals surface area contributed by atoms with Crippen LogP contribution in [0.2, 0.25) is 0 Å². The minimum absolute atomic E-state index is 0.0229. The van der Waals surface area contributed by atoms with E-state index in [9.17, 15) is 13.6 Å². The molecular formula is C26H30F2N4O. The normalized spacial score (nSPS) is 15.3. The number of aryl methyl sites for hydroxylation is 1. The van der Waals surface area contributed by atoms with Gasteiger partial charge in [0.25, 0.3) is 5.91 Å². The lowest BCUT2D eigenvalue weighted by Gasteiger charge is -2.40. The topological polar surface area (TPSA) is 41.4 Å². The third kappa shape index (κ3) is 4.98. The van der Waals surface area contributed by atoms with Crippen molar-refractivity contribution < 1.29 is 13.6 Å². The summed E-state index contributed by atoms with van der Waals surface area (Å²) in [4.78, 5) is 17.5. The minimum atomic E-state index is -0.294. The van der Waals surface area contributed by atoms with Crippen molar-refractivity contribution in [2.75, 3.05) is 26.2 Å². The summed E-state index contributed by atoms with van der Waals surface area (Å²) in [6.07, 6.45) is 0. The predicted octanol–water partition coefficient (Wildman–Crippen LogP) is 4.77. The van der Waals surface area contributed by atoms with Crippen LogP contribution < -0.4 is 0 Å². The predicted molar refractivity (Wildman–Crippen MR) is 124 cm³/mol. The quantitative estimate of drug-likeness (QED) is 0.573. The van der Waals surface area contributed by atoms with Crippen LogP contribution in [-0.4, -0.2) is 51.7 Å². The maximum Gasteiger partial charge on any atom is 0.272 e. The molecule has 0 bridgehead atoms. The number of rotatable bonds is 4. The van der Waals surface area contributed by atoms with Crippen molar-refractivity contribution in [2.45, 2.75) is 39.3 Å². The number of nitrogens with zero attached hydrogens (tertiary/aromatic N) is 4. The number of carbonyl (C=O) groups is 1. The number of hydrogen-bond donors (Lipinski definition) is 0. The Hall–Kier alpha value is -3.06. The first kappa shape index (κ1) is 23.1. The second-order valence-electron chi connectivity index (χ2n) is 9.59. The highest BCUT2D eigenvalue weighted by atomic mass is 19.1. The zero-order valence-electron chi connectivity index (χ0n) is 19.6. The molecule has 4 rings (SSSR count). The summed E-state index contributed by atoms with van der Waals surface area (Å²) < 4.78 is 28.9. The van der Waals surface area contributed by atoms with E-state index in [2.05, 4.69) is 10.00 Å². The molecule has 0 unspecified atom stereocenters. The van der Waals surface area contributed by atoms with Crippen LogP contribution in [0.1, 0.15) is 54.1 Å². The summed E-state index contributed by atoms with van der Waals surface area (Å²) in [6.45, 7) is 10.4. The number of piperazine rings is 1. The van der Waals surface area contributed by atoms with E-state index in [0.29, 0.717) is 31.9 Å². The summed E-state index contributed by atoms with van der Waals surface area (Å²) in [7, 11) is 0. The average molecular weight is 453 g/mol. The van der Waals surface area contributed by atoms with Crippen molar-refractivity contribution in [3.63, 3.8) is 0 Å². The van der Waals surface area contributed by atoms with Crippen molar-refractivity contribution in [3.05, 3.63) is 88.7 Å². The van der Waals surface area contributed by atoms with Gasteiger partial charge in [0.05, 0.1) is 17.3 Å². The van der Waals surface area contributed by atoms with E-state index < -0.39 is 0 Å². The first-order valence-corrected chi connectivity index (χ1v) is 11.2. The lowest BCUT2D eigenvalue weighted by atomic mass is 9.96. The number of benzene rings is 2. The van der Waals surface area contributed by atoms with Gasteiger partial charge in [-0.05, 0) is 69.2 Å². The van der Waals surface area contributed by atoms with Gasteiger partial charge in [0.1, 0.15) is 17.3 Å². The fourth-order valence-electron chi connectivity index (χ4n) is 4.41. The highest BCUT2D eigenvalue weighted by Gasteiger charge is 2.31. The van der Waals surface area contributed by atoms with E-state index in [1.807, 2.05) is 38.7 Å². The smallest absolute Gasteiger partial charge is 0.272 e. The minimum Gasteiger partial charge on any atom is -0.335 e. The Morgan fingerprint density at radius 2 is 1.36 bits per heavy atom. The molecule has 0 atom stereocenters. The summed E-state index contributed by atoms with van der Waals surface area (Å²) in [6, 6.07) is 14.6. The van der Waals surface area contributed by atoms with Crippen LogP contribution in [0.25, 0.3) is 0 Å². The molecule has 2 heterocycles. The Morgan fingerprint density at radius 1 is 0.879 bits per heavy atom. The number of halogens is 2. The molecule has 1 fully saturated rings. The van der Waals surface area contributed by atoms with Gasteiger partial charge in [0.15, 0.2) is 0 Å². The van der Waals surface area contributed by atoms with Crippen molar-refractivity contribution in [1.29, 1.82) is 0 Å². The van der Waals surface area contributed by atoms with Gasteiger partial charge >= 0.3 is 0 Å². The Labute approximate surface area is 193 Å². The molecule has 3 aromatic rings. The zero-order valence-corrected chi connectivity index (χ0v) is 19.6. The molecule has 0 radical (unpaired) electrons. The number of carbonyl (C=O) groups excluding carboxylic acids is 1. The number of amides is 1. The van der Waals surface area contributed by atoms with E-state index in [0.717, 1.165) is 16.8 Å². The fourth-order valence-corrected chi connectivity index (χ4v) is 4.41. The molecule has 0 spiro atoms. The third-order valence-electron chi connectivity index (χ3n) is 6.02. The second-order valence-corrected chi connectivity index (χ2v) is 9.59. The van der Waals surface area contributed by atoms with Crippen LogP contribution >= 0.6 is 0 Å². The van der Waals surface area contributed by atoms with Crippen LogP contribution in [-0.2, 0) is 5.54 Å². The van der Waals surface area contributed by atoms with Gasteiger partial charge in [-0.15, -0.1) is 0 Å². The molecule has 0 aliphatic carbocycles. The van der Waals surface area contributed by atoms with E-state index in [-0.39, 0.29) is 29.1 Å². The summed E-state index contributed by atoms with van der Waals surface area (Å²) in [5.41, 5.74) is 2.99. The van der Waals surface area contributed by atoms with Gasteiger partial charge < -0.3 is 4.90 Å². The Kier molecular flexibility index (Phi) is 6.34. The van der Waals surface area contributed by atoms with Gasteiger partial charge in [-0.3, -0.25) is 14.4 Å². The lowest BCUT2D eigenvalue weighted by Crippen LogP contribution is -2.50. The van der Waals surface area contributed by atoms with Crippen LogP contribution in [0.4, 0.5) is 8.78 Å². The fraction of sp³-hybridized carbons (Fsp3) is 0.385. The molecule has 174 valence electrons. The van der Waals surface area contributed by atoms with Crippen LogP contribution in [0.15, 0.2) is 54.6 Å². The van der Waals surface area contributed by atoms with Crippen LogP contribution in [0.3, 0.4) is 0 Å². The SMILES string of the molecule is Cc1cc(C(=O)N2CCN(C(c3ccc(F)cc3)c3ccc(F)cc3)CC2)n(C(C)(C)C)n1. The lowest BCUT2D eigenvalue weighted by molar-refractivity contribution is 0.0578. The van der Waals surface area contributed by atoms with E-state index in [1.54, 1.807) is 28.9 Å². The number of aromatic nitrogens is 2. The first-order chi connectivity index (χ1) is 15.6. The maximum atomic E-state index is 13.6. The van der Waals surface area contributed by atoms with E-state index in [4.69, 9.17) is 0 Å². The molecular weight excluding hydrogens is 422 g/mol. The molecule has 1 aliphatic heterocycles. The molecule has 0 N–H and O–H groups in total. The summed E-state index contributed by atoms with van der Waals surface area (Å²) >= 11 is 0. The van der Waals surface area contributed by atoms with Gasteiger partial charge in [-0.1, -0.05) is 24.3 Å². The summed E-state index contributed by atoms with van der Waals surface area (Å²) in [5.74, 6) is -0.610. The van der Waals surface area contributed by atoms with Gasteiger partial charge in [0, 0.05) is 26.2 Å². The molecule has 2 aromatic carbocycles. The average Bonchev–Trinajstić information content (AvgIpc) is 3.19. The van der Waals surface area contributed by atoms with Crippen molar-refractivity contribution in [2.24, 2.45) is 0 Å². The largest absolute Gasteiger partial charge is 0.335 e. The van der Waals surface area contributed by atoms with Gasteiger partial charge in [-0.25, -0.2) is 8.78 Å². The second kappa shape index (κ2) is 9.06. The van der Waals surface area contributed by atoms with Crippen molar-refractivity contribution in [3.8, 4) is 0 Å². The molecule has 1 saturated heterocycles. The Balaban J connectivity index is 1.55. The highest BCUT2D eigenvalue weighted by molar-refractivity contribution is 5.93. The Morgan fingerprint density at radius 3 is 1.82 bits per heavy atom. The van der Waals surface area contributed by atoms with Crippen molar-refractivity contribution >= 4 is 5.91 Å². The highest BCUT2D eigenvalue weighted by Crippen LogP contribution is 2.30. The van der Waals surface area contributed by atoms with Crippen LogP contribution in [0.5, 0.6) is 0 Å². The molecule has 1 amide bonds. The van der Waals surface area contributed by atoms with Gasteiger partial charge in [0.2, 0.25) is 0 Å². The van der Waals surface area contributed by atoms with E-state index in [1.165, 1.54) is 24.3 Å².